The smallest absolute Gasteiger partial charge is 0.245 e. The Morgan fingerprint density at radius 3 is 2.80 bits per heavy atom. The highest BCUT2D eigenvalue weighted by molar-refractivity contribution is 9.11. The zero-order valence-corrected chi connectivity index (χ0v) is 14.0. The molecule has 2 heterocycles. The third-order valence-corrected chi connectivity index (χ3v) is 6.80. The molecule has 0 atom stereocenters. The summed E-state index contributed by atoms with van der Waals surface area (Å²) in [6.45, 7) is 0.599. The first kappa shape index (κ1) is 15.6. The molecule has 0 aromatic carbocycles. The van der Waals surface area contributed by atoms with Crippen molar-refractivity contribution in [1.82, 2.24) is 9.29 Å². The van der Waals surface area contributed by atoms with E-state index in [4.69, 9.17) is 5.73 Å². The summed E-state index contributed by atoms with van der Waals surface area (Å²) >= 11 is 4.63. The second-order valence-corrected chi connectivity index (χ2v) is 8.65. The number of halogens is 1. The second kappa shape index (κ2) is 6.31. The van der Waals surface area contributed by atoms with Gasteiger partial charge in [-0.2, -0.15) is 4.31 Å². The van der Waals surface area contributed by atoms with E-state index in [1.807, 2.05) is 6.07 Å². The number of hydrogen-bond donors (Lipinski definition) is 1. The van der Waals surface area contributed by atoms with Gasteiger partial charge in [-0.1, -0.05) is 6.07 Å². The lowest BCUT2D eigenvalue weighted by Crippen LogP contribution is -2.26. The topological polar surface area (TPSA) is 76.3 Å². The summed E-state index contributed by atoms with van der Waals surface area (Å²) in [5.41, 5.74) is 6.38. The molecule has 0 unspecified atom stereocenters. The Labute approximate surface area is 130 Å². The number of rotatable bonds is 5. The molecule has 108 valence electrons. The van der Waals surface area contributed by atoms with Crippen LogP contribution >= 0.6 is 27.3 Å². The van der Waals surface area contributed by atoms with Crippen molar-refractivity contribution in [2.75, 3.05) is 7.05 Å². The molecule has 0 saturated carbocycles. The average molecular weight is 376 g/mol. The van der Waals surface area contributed by atoms with Crippen LogP contribution in [-0.2, 0) is 23.1 Å². The van der Waals surface area contributed by atoms with Gasteiger partial charge in [0.15, 0.2) is 0 Å². The van der Waals surface area contributed by atoms with Crippen LogP contribution in [0.25, 0.3) is 0 Å². The molecule has 20 heavy (non-hydrogen) atoms. The first-order valence-corrected chi connectivity index (χ1v) is 8.83. The molecular formula is C12H14BrN3O2S2. The molecule has 0 fully saturated rings. The van der Waals surface area contributed by atoms with E-state index in [0.29, 0.717) is 10.3 Å². The van der Waals surface area contributed by atoms with Crippen molar-refractivity contribution in [3.8, 4) is 0 Å². The fourth-order valence-corrected chi connectivity index (χ4v) is 5.34. The highest BCUT2D eigenvalue weighted by Crippen LogP contribution is 2.33. The molecular weight excluding hydrogens is 362 g/mol. The minimum atomic E-state index is -3.54. The van der Waals surface area contributed by atoms with Gasteiger partial charge < -0.3 is 5.73 Å². The normalized spacial score (nSPS) is 12.0. The highest BCUT2D eigenvalue weighted by atomic mass is 79.9. The van der Waals surface area contributed by atoms with E-state index in [-0.39, 0.29) is 11.4 Å². The van der Waals surface area contributed by atoms with Gasteiger partial charge in [0.25, 0.3) is 0 Å². The summed E-state index contributed by atoms with van der Waals surface area (Å²) in [6, 6.07) is 5.24. The van der Waals surface area contributed by atoms with Gasteiger partial charge in [-0.05, 0) is 33.6 Å². The maximum absolute atomic E-state index is 12.5. The molecule has 0 aliphatic rings. The second-order valence-electron chi connectivity index (χ2n) is 4.18. The molecule has 0 aliphatic carbocycles. The minimum Gasteiger partial charge on any atom is -0.326 e. The fraction of sp³-hybridized carbons (Fsp3) is 0.250. The third kappa shape index (κ3) is 3.26. The third-order valence-electron chi connectivity index (χ3n) is 2.72. The lowest BCUT2D eigenvalue weighted by Gasteiger charge is -2.16. The number of nitrogens with two attached hydrogens (primary N) is 1. The van der Waals surface area contributed by atoms with E-state index < -0.39 is 10.0 Å². The van der Waals surface area contributed by atoms with Crippen molar-refractivity contribution in [2.24, 2.45) is 5.73 Å². The fourth-order valence-electron chi connectivity index (χ4n) is 1.68. The van der Waals surface area contributed by atoms with Crippen LogP contribution in [-0.4, -0.2) is 24.8 Å². The van der Waals surface area contributed by atoms with Gasteiger partial charge in [0.05, 0.1) is 3.79 Å². The first-order valence-electron chi connectivity index (χ1n) is 5.78. The van der Waals surface area contributed by atoms with Crippen LogP contribution in [0.3, 0.4) is 0 Å². The Hall–Kier alpha value is -0.800. The highest BCUT2D eigenvalue weighted by Gasteiger charge is 2.25. The maximum Gasteiger partial charge on any atom is 0.245 e. The Balaban J connectivity index is 2.27. The van der Waals surface area contributed by atoms with Crippen LogP contribution in [0.5, 0.6) is 0 Å². The molecule has 0 radical (unpaired) electrons. The molecule has 0 aliphatic heterocycles. The SMILES string of the molecule is CN(Cc1cccnc1)S(=O)(=O)c1cc(CN)sc1Br. The van der Waals surface area contributed by atoms with E-state index in [1.54, 1.807) is 31.6 Å². The molecule has 0 amide bonds. The molecule has 0 saturated heterocycles. The van der Waals surface area contributed by atoms with E-state index >= 15 is 0 Å². The molecule has 0 spiro atoms. The van der Waals surface area contributed by atoms with Crippen LogP contribution in [0.1, 0.15) is 10.4 Å². The predicted octanol–water partition coefficient (Wildman–Crippen LogP) is 2.19. The Kier molecular flexibility index (Phi) is 4.92. The molecule has 2 N–H and O–H groups in total. The number of pyridine rings is 1. The van der Waals surface area contributed by atoms with Crippen LogP contribution < -0.4 is 5.73 Å². The van der Waals surface area contributed by atoms with Crippen molar-refractivity contribution in [2.45, 2.75) is 18.0 Å². The molecule has 2 aromatic heterocycles. The lowest BCUT2D eigenvalue weighted by atomic mass is 10.3. The monoisotopic (exact) mass is 375 g/mol. The van der Waals surface area contributed by atoms with E-state index in [1.165, 1.54) is 15.6 Å². The number of nitrogens with zero attached hydrogens (tertiary/aromatic N) is 2. The van der Waals surface area contributed by atoms with Crippen molar-refractivity contribution < 1.29 is 8.42 Å². The number of hydrogen-bond acceptors (Lipinski definition) is 5. The van der Waals surface area contributed by atoms with E-state index in [9.17, 15) is 8.42 Å². The van der Waals surface area contributed by atoms with Crippen molar-refractivity contribution in [3.63, 3.8) is 0 Å². The van der Waals surface area contributed by atoms with E-state index in [0.717, 1.165) is 10.4 Å². The zero-order valence-electron chi connectivity index (χ0n) is 10.8. The Bertz CT molecular complexity index is 686. The molecule has 5 nitrogen and oxygen atoms in total. The summed E-state index contributed by atoms with van der Waals surface area (Å²) in [7, 11) is -1.99. The minimum absolute atomic E-state index is 0.259. The Morgan fingerprint density at radius 2 is 2.25 bits per heavy atom. The summed E-state index contributed by atoms with van der Waals surface area (Å²) in [5, 5.41) is 0. The number of sulfonamides is 1. The average Bonchev–Trinajstić information content (AvgIpc) is 2.82. The lowest BCUT2D eigenvalue weighted by molar-refractivity contribution is 0.466. The Morgan fingerprint density at radius 1 is 1.50 bits per heavy atom. The van der Waals surface area contributed by atoms with Gasteiger partial charge in [-0.25, -0.2) is 8.42 Å². The van der Waals surface area contributed by atoms with Crippen LogP contribution in [0, 0.1) is 0 Å². The molecule has 8 heteroatoms. The van der Waals surface area contributed by atoms with Gasteiger partial charge in [0.2, 0.25) is 10.0 Å². The first-order chi connectivity index (χ1) is 9.45. The van der Waals surface area contributed by atoms with Crippen LogP contribution in [0.15, 0.2) is 39.3 Å². The predicted molar refractivity (Wildman–Crippen MR) is 82.8 cm³/mol. The molecule has 2 aromatic rings. The summed E-state index contributed by atoms with van der Waals surface area (Å²) in [4.78, 5) is 5.07. The molecule has 0 bridgehead atoms. The summed E-state index contributed by atoms with van der Waals surface area (Å²) < 4.78 is 26.9. The number of thiophene rings is 1. The van der Waals surface area contributed by atoms with Gasteiger partial charge in [0.1, 0.15) is 4.90 Å². The van der Waals surface area contributed by atoms with Gasteiger partial charge in [-0.15, -0.1) is 11.3 Å². The van der Waals surface area contributed by atoms with Gasteiger partial charge in [0, 0.05) is 37.4 Å². The quantitative estimate of drug-likeness (QED) is 0.868. The van der Waals surface area contributed by atoms with Crippen LogP contribution in [0.2, 0.25) is 0 Å². The zero-order chi connectivity index (χ0) is 14.8. The van der Waals surface area contributed by atoms with Crippen molar-refractivity contribution in [1.29, 1.82) is 0 Å². The number of aromatic nitrogens is 1. The summed E-state index contributed by atoms with van der Waals surface area (Å²) in [6.07, 6.45) is 3.31. The molecule has 2 rings (SSSR count). The van der Waals surface area contributed by atoms with Crippen molar-refractivity contribution in [3.05, 3.63) is 44.8 Å². The van der Waals surface area contributed by atoms with Crippen LogP contribution in [0.4, 0.5) is 0 Å². The van der Waals surface area contributed by atoms with Gasteiger partial charge in [-0.3, -0.25) is 4.98 Å². The maximum atomic E-state index is 12.5. The standard InChI is InChI=1S/C12H14BrN3O2S2/c1-16(8-9-3-2-4-15-7-9)20(17,18)11-5-10(6-14)19-12(11)13/h2-5,7H,6,8,14H2,1H3. The largest absolute Gasteiger partial charge is 0.326 e. The van der Waals surface area contributed by atoms with E-state index in [2.05, 4.69) is 20.9 Å². The summed E-state index contributed by atoms with van der Waals surface area (Å²) in [5.74, 6) is 0. The van der Waals surface area contributed by atoms with Gasteiger partial charge >= 0.3 is 0 Å². The van der Waals surface area contributed by atoms with Crippen molar-refractivity contribution >= 4 is 37.3 Å².